The summed E-state index contributed by atoms with van der Waals surface area (Å²) < 4.78 is 7.24. The van der Waals surface area contributed by atoms with E-state index >= 15 is 0 Å². The van der Waals surface area contributed by atoms with Crippen molar-refractivity contribution in [2.75, 3.05) is 6.61 Å². The van der Waals surface area contributed by atoms with Gasteiger partial charge in [-0.15, -0.1) is 0 Å². The topological polar surface area (TPSA) is 9.23 Å². The summed E-state index contributed by atoms with van der Waals surface area (Å²) >= 11 is 3.50. The van der Waals surface area contributed by atoms with Crippen molar-refractivity contribution in [2.45, 2.75) is 31.8 Å². The van der Waals surface area contributed by atoms with E-state index in [4.69, 9.17) is 4.74 Å². The fraction of sp³-hybridized carbons (Fsp3) is 0.600. The molecule has 0 amide bonds. The average molecular weight is 295 g/mol. The van der Waals surface area contributed by atoms with E-state index in [1.54, 1.807) is 0 Å². The third-order valence-corrected chi connectivity index (χ3v) is 4.64. The maximum Gasteiger partial charge on any atom is 0.0643 e. The predicted octanol–water partition coefficient (Wildman–Crippen LogP) is 4.21. The molecule has 0 aromatic carbocycles. The highest BCUT2D eigenvalue weighted by molar-refractivity contribution is 9.11. The van der Waals surface area contributed by atoms with Gasteiger partial charge in [0, 0.05) is 17.0 Å². The minimum atomic E-state index is 0.520. The lowest BCUT2D eigenvalue weighted by atomic mass is 10.0. The summed E-state index contributed by atoms with van der Waals surface area (Å²) in [6.07, 6.45) is 16.9. The highest BCUT2D eigenvalue weighted by Crippen LogP contribution is 2.40. The summed E-state index contributed by atoms with van der Waals surface area (Å²) in [5, 5.41) is 0. The van der Waals surface area contributed by atoms with Crippen LogP contribution in [0, 0.1) is 17.8 Å². The van der Waals surface area contributed by atoms with Gasteiger partial charge < -0.3 is 4.74 Å². The molecule has 0 aromatic heterocycles. The van der Waals surface area contributed by atoms with E-state index in [1.165, 1.54) is 30.2 Å². The summed E-state index contributed by atoms with van der Waals surface area (Å²) in [5.74, 6) is 2.16. The fourth-order valence-electron chi connectivity index (χ4n) is 3.19. The third-order valence-electron chi connectivity index (χ3n) is 4.11. The summed E-state index contributed by atoms with van der Waals surface area (Å²) in [7, 11) is 0. The third kappa shape index (κ3) is 2.74. The Balaban J connectivity index is 1.34. The Kier molecular flexibility index (Phi) is 3.53. The van der Waals surface area contributed by atoms with Crippen molar-refractivity contribution in [1.82, 2.24) is 0 Å². The molecule has 2 heteroatoms. The van der Waals surface area contributed by atoms with Gasteiger partial charge in [-0.05, 0) is 37.5 Å². The Hall–Kier alpha value is -0.340. The van der Waals surface area contributed by atoms with Crippen molar-refractivity contribution in [3.63, 3.8) is 0 Å². The minimum absolute atomic E-state index is 0.520. The van der Waals surface area contributed by atoms with Crippen LogP contribution in [0.25, 0.3) is 0 Å². The minimum Gasteiger partial charge on any atom is -0.378 e. The summed E-state index contributed by atoms with van der Waals surface area (Å²) in [4.78, 5) is 0. The van der Waals surface area contributed by atoms with Crippen molar-refractivity contribution >= 4 is 15.9 Å². The van der Waals surface area contributed by atoms with Gasteiger partial charge in [-0.1, -0.05) is 46.3 Å². The lowest BCUT2D eigenvalue weighted by Gasteiger charge is -2.19. The maximum atomic E-state index is 6.02. The van der Waals surface area contributed by atoms with Crippen molar-refractivity contribution in [1.29, 1.82) is 0 Å². The number of allylic oxidation sites excluding steroid dienone is 5. The van der Waals surface area contributed by atoms with E-state index < -0.39 is 0 Å². The molecule has 4 atom stereocenters. The van der Waals surface area contributed by atoms with Crippen molar-refractivity contribution in [3.8, 4) is 0 Å². The Morgan fingerprint density at radius 2 is 2.18 bits per heavy atom. The number of fused-ring (bicyclic) bond motifs is 2. The van der Waals surface area contributed by atoms with Crippen LogP contribution in [0.4, 0.5) is 0 Å². The van der Waals surface area contributed by atoms with Crippen LogP contribution in [0.5, 0.6) is 0 Å². The van der Waals surface area contributed by atoms with Gasteiger partial charge in [-0.25, -0.2) is 0 Å². The van der Waals surface area contributed by atoms with Gasteiger partial charge in [0.2, 0.25) is 0 Å². The van der Waals surface area contributed by atoms with E-state index in [2.05, 4.69) is 46.3 Å². The molecule has 0 saturated heterocycles. The molecule has 3 aliphatic carbocycles. The number of hydrogen-bond acceptors (Lipinski definition) is 1. The highest BCUT2D eigenvalue weighted by Gasteiger charge is 2.35. The summed E-state index contributed by atoms with van der Waals surface area (Å²) in [6, 6.07) is 0. The van der Waals surface area contributed by atoms with Gasteiger partial charge in [-0.2, -0.15) is 0 Å². The monoisotopic (exact) mass is 294 g/mol. The second-order valence-corrected chi connectivity index (χ2v) is 6.32. The van der Waals surface area contributed by atoms with Crippen molar-refractivity contribution < 1.29 is 4.74 Å². The van der Waals surface area contributed by atoms with E-state index in [0.717, 1.165) is 18.4 Å². The largest absolute Gasteiger partial charge is 0.378 e. The van der Waals surface area contributed by atoms with Crippen molar-refractivity contribution in [3.05, 3.63) is 34.9 Å². The highest BCUT2D eigenvalue weighted by atomic mass is 79.9. The first-order chi connectivity index (χ1) is 8.31. The molecule has 0 N–H and O–H groups in total. The number of rotatable bonds is 5. The molecule has 1 nitrogen and oxygen atoms in total. The van der Waals surface area contributed by atoms with Gasteiger partial charge in [0.15, 0.2) is 0 Å². The molecule has 1 unspecified atom stereocenters. The van der Waals surface area contributed by atoms with Crippen LogP contribution in [0.1, 0.15) is 25.7 Å². The van der Waals surface area contributed by atoms with Gasteiger partial charge >= 0.3 is 0 Å². The molecule has 0 spiro atoms. The zero-order valence-electron chi connectivity index (χ0n) is 10.0. The molecule has 0 aromatic rings. The first kappa shape index (κ1) is 11.7. The Bertz CT molecular complexity index is 369. The van der Waals surface area contributed by atoms with E-state index in [1.807, 2.05) is 0 Å². The first-order valence-electron chi connectivity index (χ1n) is 6.67. The smallest absolute Gasteiger partial charge is 0.0643 e. The molecule has 2 bridgehead atoms. The molecule has 3 rings (SSSR count). The molecule has 1 fully saturated rings. The van der Waals surface area contributed by atoms with Crippen LogP contribution in [0.15, 0.2) is 34.9 Å². The quantitative estimate of drug-likeness (QED) is 0.545. The van der Waals surface area contributed by atoms with Crippen LogP contribution >= 0.6 is 15.9 Å². The lowest BCUT2D eigenvalue weighted by Crippen LogP contribution is -2.18. The van der Waals surface area contributed by atoms with E-state index in [0.29, 0.717) is 12.0 Å². The normalized spacial score (nSPS) is 38.1. The molecule has 0 radical (unpaired) electrons. The molecule has 1 saturated carbocycles. The second kappa shape index (κ2) is 5.11. The van der Waals surface area contributed by atoms with Crippen LogP contribution in [0.3, 0.4) is 0 Å². The Labute approximate surface area is 112 Å². The second-order valence-electron chi connectivity index (χ2n) is 5.41. The standard InChI is InChI=1S/C15H19BrO/c16-14-6-4-11(9-14)2-1-7-17-15-10-12-3-5-13(15)8-12/h3-6,9,11-13,15H,1-2,7-8,10H2/t11?,12-,13+,15+/m0/s1. The maximum absolute atomic E-state index is 6.02. The first-order valence-corrected chi connectivity index (χ1v) is 7.46. The van der Waals surface area contributed by atoms with Gasteiger partial charge in [0.05, 0.1) is 6.10 Å². The van der Waals surface area contributed by atoms with Gasteiger partial charge in [0.25, 0.3) is 0 Å². The van der Waals surface area contributed by atoms with Gasteiger partial charge in [0.1, 0.15) is 0 Å². The zero-order valence-corrected chi connectivity index (χ0v) is 11.6. The molecular formula is C15H19BrO. The zero-order chi connectivity index (χ0) is 11.7. The SMILES string of the molecule is BrC1=CC(CCCO[C@@H]2C[C@H]3C=C[C@@H]2C3)C=C1. The van der Waals surface area contributed by atoms with E-state index in [9.17, 15) is 0 Å². The van der Waals surface area contributed by atoms with E-state index in [-0.39, 0.29) is 0 Å². The molecule has 92 valence electrons. The average Bonchev–Trinajstić information content (AvgIpc) is 3.00. The molecule has 0 heterocycles. The fourth-order valence-corrected chi connectivity index (χ4v) is 3.68. The Morgan fingerprint density at radius 3 is 2.82 bits per heavy atom. The number of halogens is 1. The van der Waals surface area contributed by atoms with Crippen LogP contribution in [-0.2, 0) is 4.74 Å². The summed E-state index contributed by atoms with van der Waals surface area (Å²) in [6.45, 7) is 0.928. The number of hydrogen-bond donors (Lipinski definition) is 0. The molecule has 0 aliphatic heterocycles. The summed E-state index contributed by atoms with van der Waals surface area (Å²) in [5.41, 5.74) is 0. The Morgan fingerprint density at radius 1 is 1.24 bits per heavy atom. The number of ether oxygens (including phenoxy) is 1. The molecule has 3 aliphatic rings. The van der Waals surface area contributed by atoms with Crippen LogP contribution in [0.2, 0.25) is 0 Å². The lowest BCUT2D eigenvalue weighted by molar-refractivity contribution is 0.0339. The van der Waals surface area contributed by atoms with Crippen LogP contribution < -0.4 is 0 Å². The van der Waals surface area contributed by atoms with Gasteiger partial charge in [-0.3, -0.25) is 0 Å². The molecular weight excluding hydrogens is 276 g/mol. The molecule has 17 heavy (non-hydrogen) atoms. The van der Waals surface area contributed by atoms with Crippen molar-refractivity contribution in [2.24, 2.45) is 17.8 Å². The van der Waals surface area contributed by atoms with Crippen LogP contribution in [-0.4, -0.2) is 12.7 Å². The predicted molar refractivity (Wildman–Crippen MR) is 74.0 cm³/mol.